The van der Waals surface area contributed by atoms with Gasteiger partial charge in [-0.3, -0.25) is 9.59 Å². The fourth-order valence-electron chi connectivity index (χ4n) is 2.11. The van der Waals surface area contributed by atoms with Crippen LogP contribution in [0.25, 0.3) is 0 Å². The van der Waals surface area contributed by atoms with Gasteiger partial charge in [0.2, 0.25) is 5.91 Å². The molecule has 0 aliphatic heterocycles. The lowest BCUT2D eigenvalue weighted by atomic mass is 9.97. The topological polar surface area (TPSA) is 57.6 Å². The van der Waals surface area contributed by atoms with Gasteiger partial charge in [-0.15, -0.1) is 0 Å². The number of carbonyl (C=O) groups is 2. The molecule has 1 aromatic rings. The Kier molecular flexibility index (Phi) is 6.15. The quantitative estimate of drug-likeness (QED) is 0.834. The molecule has 0 heterocycles. The molecular weight excluding hydrogens is 261 g/mol. The van der Waals surface area contributed by atoms with E-state index in [1.54, 1.807) is 13.0 Å². The first kappa shape index (κ1) is 16.1. The van der Waals surface area contributed by atoms with Gasteiger partial charge in [0.15, 0.2) is 0 Å². The third-order valence-corrected chi connectivity index (χ3v) is 3.06. The second kappa shape index (κ2) is 7.62. The van der Waals surface area contributed by atoms with Crippen LogP contribution >= 0.6 is 0 Å². The maximum Gasteiger partial charge on any atom is 0.323 e. The Labute approximate surface area is 118 Å². The van der Waals surface area contributed by atoms with E-state index in [-0.39, 0.29) is 30.6 Å². The van der Waals surface area contributed by atoms with Crippen LogP contribution in [0.1, 0.15) is 25.8 Å². The molecule has 5 heteroatoms. The molecule has 0 aromatic heterocycles. The van der Waals surface area contributed by atoms with Crippen molar-refractivity contribution in [3.05, 3.63) is 35.6 Å². The minimum absolute atomic E-state index is 0.0344. The fourth-order valence-corrected chi connectivity index (χ4v) is 2.11. The predicted octanol–water partition coefficient (Wildman–Crippen LogP) is 2.33. The number of carbonyl (C=O) groups excluding carboxylic acids is 1. The van der Waals surface area contributed by atoms with Crippen molar-refractivity contribution in [3.8, 4) is 0 Å². The summed E-state index contributed by atoms with van der Waals surface area (Å²) in [7, 11) is 0. The van der Waals surface area contributed by atoms with Gasteiger partial charge in [0, 0.05) is 13.0 Å². The fraction of sp³-hybridized carbons (Fsp3) is 0.467. The zero-order valence-electron chi connectivity index (χ0n) is 11.8. The van der Waals surface area contributed by atoms with Crippen LogP contribution in [0.15, 0.2) is 24.3 Å². The van der Waals surface area contributed by atoms with Crippen molar-refractivity contribution < 1.29 is 19.1 Å². The van der Waals surface area contributed by atoms with Gasteiger partial charge in [0.05, 0.1) is 0 Å². The predicted molar refractivity (Wildman–Crippen MR) is 73.8 cm³/mol. The highest BCUT2D eigenvalue weighted by molar-refractivity contribution is 5.81. The minimum Gasteiger partial charge on any atom is -0.480 e. The number of benzene rings is 1. The molecule has 1 atom stereocenters. The smallest absolute Gasteiger partial charge is 0.323 e. The Morgan fingerprint density at radius 3 is 2.65 bits per heavy atom. The summed E-state index contributed by atoms with van der Waals surface area (Å²) >= 11 is 0. The van der Waals surface area contributed by atoms with Crippen LogP contribution in [0.3, 0.4) is 0 Å². The molecule has 1 N–H and O–H groups in total. The molecule has 0 fully saturated rings. The van der Waals surface area contributed by atoms with Crippen LogP contribution in [0, 0.1) is 11.7 Å². The summed E-state index contributed by atoms with van der Waals surface area (Å²) in [5.74, 6) is -1.45. The summed E-state index contributed by atoms with van der Waals surface area (Å²) in [4.78, 5) is 23.9. The van der Waals surface area contributed by atoms with Gasteiger partial charge in [-0.2, -0.15) is 0 Å². The van der Waals surface area contributed by atoms with E-state index in [4.69, 9.17) is 5.11 Å². The standard InChI is InChI=1S/C15H20FNO3/c1-3-17(10-15(19)20)14(18)8-11(2)7-12-5-4-6-13(16)9-12/h4-6,9,11H,3,7-8,10H2,1-2H3,(H,19,20). The highest BCUT2D eigenvalue weighted by atomic mass is 19.1. The molecule has 0 saturated heterocycles. The van der Waals surface area contributed by atoms with Crippen LogP contribution in [0.5, 0.6) is 0 Å². The Bertz CT molecular complexity index is 476. The third-order valence-electron chi connectivity index (χ3n) is 3.06. The van der Waals surface area contributed by atoms with Crippen LogP contribution in [-0.4, -0.2) is 35.0 Å². The van der Waals surface area contributed by atoms with E-state index in [2.05, 4.69) is 0 Å². The molecule has 110 valence electrons. The number of hydrogen-bond donors (Lipinski definition) is 1. The molecule has 1 aromatic carbocycles. The van der Waals surface area contributed by atoms with Gasteiger partial charge in [-0.05, 0) is 37.0 Å². The molecule has 0 spiro atoms. The zero-order valence-corrected chi connectivity index (χ0v) is 11.8. The summed E-state index contributed by atoms with van der Waals surface area (Å²) < 4.78 is 13.1. The number of carboxylic acid groups (broad SMARTS) is 1. The maximum atomic E-state index is 13.1. The summed E-state index contributed by atoms with van der Waals surface area (Å²) in [6.45, 7) is 3.75. The highest BCUT2D eigenvalue weighted by Crippen LogP contribution is 2.14. The molecule has 0 radical (unpaired) electrons. The lowest BCUT2D eigenvalue weighted by Gasteiger charge is -2.20. The van der Waals surface area contributed by atoms with Gasteiger partial charge in [0.1, 0.15) is 12.4 Å². The average molecular weight is 281 g/mol. The van der Waals surface area contributed by atoms with Crippen molar-refractivity contribution in [1.29, 1.82) is 0 Å². The first-order valence-electron chi connectivity index (χ1n) is 6.66. The highest BCUT2D eigenvalue weighted by Gasteiger charge is 2.17. The molecule has 0 saturated carbocycles. The Morgan fingerprint density at radius 1 is 1.40 bits per heavy atom. The molecule has 20 heavy (non-hydrogen) atoms. The van der Waals surface area contributed by atoms with Crippen LogP contribution in [0.2, 0.25) is 0 Å². The lowest BCUT2D eigenvalue weighted by molar-refractivity contribution is -0.144. The third kappa shape index (κ3) is 5.38. The Hall–Kier alpha value is -1.91. The molecule has 1 unspecified atom stereocenters. The maximum absolute atomic E-state index is 13.1. The Morgan fingerprint density at radius 2 is 2.10 bits per heavy atom. The number of likely N-dealkylation sites (N-methyl/N-ethyl adjacent to an activating group) is 1. The first-order valence-corrected chi connectivity index (χ1v) is 6.66. The summed E-state index contributed by atoms with van der Waals surface area (Å²) in [6.07, 6.45) is 0.853. The summed E-state index contributed by atoms with van der Waals surface area (Å²) in [5.41, 5.74) is 0.839. The van der Waals surface area contributed by atoms with E-state index in [0.717, 1.165) is 5.56 Å². The van der Waals surface area contributed by atoms with E-state index < -0.39 is 5.97 Å². The van der Waals surface area contributed by atoms with E-state index in [9.17, 15) is 14.0 Å². The number of nitrogens with zero attached hydrogens (tertiary/aromatic N) is 1. The van der Waals surface area contributed by atoms with Crippen molar-refractivity contribution >= 4 is 11.9 Å². The minimum atomic E-state index is -1.02. The van der Waals surface area contributed by atoms with Crippen molar-refractivity contribution in [2.45, 2.75) is 26.7 Å². The second-order valence-corrected chi connectivity index (χ2v) is 4.94. The number of rotatable bonds is 7. The van der Waals surface area contributed by atoms with E-state index in [1.807, 2.05) is 13.0 Å². The van der Waals surface area contributed by atoms with Gasteiger partial charge < -0.3 is 10.0 Å². The SMILES string of the molecule is CCN(CC(=O)O)C(=O)CC(C)Cc1cccc(F)c1. The van der Waals surface area contributed by atoms with Crippen LogP contribution in [0.4, 0.5) is 4.39 Å². The number of amides is 1. The van der Waals surface area contributed by atoms with E-state index >= 15 is 0 Å². The van der Waals surface area contributed by atoms with E-state index in [1.165, 1.54) is 17.0 Å². The average Bonchev–Trinajstić information content (AvgIpc) is 2.35. The molecule has 1 amide bonds. The first-order chi connectivity index (χ1) is 9.42. The molecule has 0 aliphatic carbocycles. The van der Waals surface area contributed by atoms with Gasteiger partial charge >= 0.3 is 5.97 Å². The molecule has 0 bridgehead atoms. The molecule has 4 nitrogen and oxygen atoms in total. The molecular formula is C15H20FNO3. The van der Waals surface area contributed by atoms with Crippen LogP contribution in [-0.2, 0) is 16.0 Å². The largest absolute Gasteiger partial charge is 0.480 e. The number of carboxylic acids is 1. The van der Waals surface area contributed by atoms with E-state index in [0.29, 0.717) is 13.0 Å². The van der Waals surface area contributed by atoms with Gasteiger partial charge in [0.25, 0.3) is 0 Å². The zero-order chi connectivity index (χ0) is 15.1. The molecule has 0 aliphatic rings. The Balaban J connectivity index is 2.54. The second-order valence-electron chi connectivity index (χ2n) is 4.94. The number of halogens is 1. The lowest BCUT2D eigenvalue weighted by Crippen LogP contribution is -2.36. The van der Waals surface area contributed by atoms with Crippen LogP contribution < -0.4 is 0 Å². The van der Waals surface area contributed by atoms with Gasteiger partial charge in [-0.25, -0.2) is 4.39 Å². The summed E-state index contributed by atoms with van der Waals surface area (Å²) in [6, 6.07) is 6.29. The van der Waals surface area contributed by atoms with Crippen molar-refractivity contribution in [2.75, 3.05) is 13.1 Å². The number of hydrogen-bond acceptors (Lipinski definition) is 2. The van der Waals surface area contributed by atoms with Crippen molar-refractivity contribution in [2.24, 2.45) is 5.92 Å². The normalized spacial score (nSPS) is 11.9. The summed E-state index contributed by atoms with van der Waals surface area (Å²) in [5, 5.41) is 8.73. The monoisotopic (exact) mass is 281 g/mol. The number of aliphatic carboxylic acids is 1. The van der Waals surface area contributed by atoms with Crippen molar-refractivity contribution in [1.82, 2.24) is 4.90 Å². The molecule has 1 rings (SSSR count). The van der Waals surface area contributed by atoms with Crippen molar-refractivity contribution in [3.63, 3.8) is 0 Å². The van der Waals surface area contributed by atoms with Gasteiger partial charge in [-0.1, -0.05) is 19.1 Å².